The number of nitrogens with zero attached hydrogens (tertiary/aromatic N) is 1. The van der Waals surface area contributed by atoms with Crippen LogP contribution in [0.1, 0.15) is 11.1 Å². The van der Waals surface area contributed by atoms with Crippen molar-refractivity contribution in [3.8, 4) is 11.3 Å². The first-order valence-corrected chi connectivity index (χ1v) is 8.01. The van der Waals surface area contributed by atoms with Crippen LogP contribution in [-0.4, -0.2) is 11.1 Å². The first-order valence-electron chi connectivity index (χ1n) is 8.01. The summed E-state index contributed by atoms with van der Waals surface area (Å²) in [5.41, 5.74) is 9.36. The Morgan fingerprint density at radius 1 is 0.880 bits per heavy atom. The predicted molar refractivity (Wildman–Crippen MR) is 96.3 cm³/mol. The summed E-state index contributed by atoms with van der Waals surface area (Å²) in [7, 11) is 0. The van der Waals surface area contributed by atoms with Crippen molar-refractivity contribution in [2.45, 2.75) is 13.2 Å². The van der Waals surface area contributed by atoms with Crippen molar-refractivity contribution < 1.29 is 9.53 Å². The smallest absolute Gasteiger partial charge is 0.421 e. The van der Waals surface area contributed by atoms with Gasteiger partial charge in [-0.3, -0.25) is 10.4 Å². The van der Waals surface area contributed by atoms with Crippen LogP contribution >= 0.6 is 0 Å². The summed E-state index contributed by atoms with van der Waals surface area (Å²) >= 11 is 0. The Kier molecular flexibility index (Phi) is 5.74. The Morgan fingerprint density at radius 3 is 2.36 bits per heavy atom. The SMILES string of the molecule is O=C(NNCc1ccc(-c2ccccn2)cc1)OCc1ccccc1. The number of aromatic nitrogens is 1. The van der Waals surface area contributed by atoms with Crippen molar-refractivity contribution in [2.24, 2.45) is 0 Å². The third-order valence-electron chi connectivity index (χ3n) is 3.61. The predicted octanol–water partition coefficient (Wildman–Crippen LogP) is 3.68. The highest BCUT2D eigenvalue weighted by molar-refractivity contribution is 5.66. The lowest BCUT2D eigenvalue weighted by molar-refractivity contribution is 0.134. The van der Waals surface area contributed by atoms with Gasteiger partial charge in [-0.05, 0) is 23.3 Å². The second-order valence-electron chi connectivity index (χ2n) is 5.45. The number of nitrogens with one attached hydrogen (secondary N) is 2. The molecule has 0 spiro atoms. The maximum Gasteiger partial charge on any atom is 0.421 e. The lowest BCUT2D eigenvalue weighted by atomic mass is 10.1. The number of pyridine rings is 1. The van der Waals surface area contributed by atoms with Gasteiger partial charge in [0.15, 0.2) is 0 Å². The molecular weight excluding hydrogens is 314 g/mol. The van der Waals surface area contributed by atoms with Crippen LogP contribution < -0.4 is 10.9 Å². The van der Waals surface area contributed by atoms with Crippen molar-refractivity contribution in [2.75, 3.05) is 0 Å². The third-order valence-corrected chi connectivity index (χ3v) is 3.61. The van der Waals surface area contributed by atoms with Crippen molar-refractivity contribution in [1.29, 1.82) is 0 Å². The molecule has 2 aromatic carbocycles. The van der Waals surface area contributed by atoms with E-state index in [0.29, 0.717) is 6.54 Å². The van der Waals surface area contributed by atoms with E-state index in [2.05, 4.69) is 15.8 Å². The Balaban J connectivity index is 1.42. The molecule has 3 aromatic rings. The third kappa shape index (κ3) is 5.16. The molecule has 0 aliphatic heterocycles. The second kappa shape index (κ2) is 8.61. The molecule has 0 saturated carbocycles. The highest BCUT2D eigenvalue weighted by atomic mass is 16.6. The summed E-state index contributed by atoms with van der Waals surface area (Å²) in [6.07, 6.45) is 1.27. The zero-order valence-electron chi connectivity index (χ0n) is 13.7. The van der Waals surface area contributed by atoms with Gasteiger partial charge in [0.25, 0.3) is 0 Å². The summed E-state index contributed by atoms with van der Waals surface area (Å²) in [6.45, 7) is 0.746. The fourth-order valence-electron chi connectivity index (χ4n) is 2.30. The number of rotatable bonds is 6. The fourth-order valence-corrected chi connectivity index (χ4v) is 2.30. The van der Waals surface area contributed by atoms with Gasteiger partial charge < -0.3 is 4.74 Å². The number of carbonyl (C=O) groups is 1. The number of hydrazine groups is 1. The average molecular weight is 333 g/mol. The molecule has 0 aliphatic rings. The van der Waals surface area contributed by atoms with Crippen LogP contribution in [0.5, 0.6) is 0 Å². The summed E-state index contributed by atoms with van der Waals surface area (Å²) < 4.78 is 5.12. The van der Waals surface area contributed by atoms with Crippen molar-refractivity contribution in [3.63, 3.8) is 0 Å². The van der Waals surface area contributed by atoms with Crippen molar-refractivity contribution in [3.05, 3.63) is 90.1 Å². The molecule has 0 bridgehead atoms. The molecule has 126 valence electrons. The molecule has 0 unspecified atom stereocenters. The zero-order chi connectivity index (χ0) is 17.3. The number of benzene rings is 2. The van der Waals surface area contributed by atoms with Gasteiger partial charge in [0.2, 0.25) is 0 Å². The topological polar surface area (TPSA) is 63.2 Å². The van der Waals surface area contributed by atoms with E-state index in [4.69, 9.17) is 4.74 Å². The summed E-state index contributed by atoms with van der Waals surface area (Å²) in [5, 5.41) is 0. The maximum absolute atomic E-state index is 11.6. The molecule has 0 atom stereocenters. The molecule has 0 saturated heterocycles. The standard InChI is InChI=1S/C20H19N3O2/c24-20(25-15-17-6-2-1-3-7-17)23-22-14-16-9-11-18(12-10-16)19-8-4-5-13-21-19/h1-13,22H,14-15H2,(H,23,24). The van der Waals surface area contributed by atoms with Gasteiger partial charge in [-0.15, -0.1) is 0 Å². The average Bonchev–Trinajstić information content (AvgIpc) is 2.68. The van der Waals surface area contributed by atoms with Crippen LogP contribution in [-0.2, 0) is 17.9 Å². The van der Waals surface area contributed by atoms with E-state index in [1.807, 2.05) is 72.8 Å². The lowest BCUT2D eigenvalue weighted by Gasteiger charge is -2.09. The molecule has 5 nitrogen and oxygen atoms in total. The normalized spacial score (nSPS) is 10.2. The highest BCUT2D eigenvalue weighted by Gasteiger charge is 2.02. The minimum atomic E-state index is -0.506. The fraction of sp³-hybridized carbons (Fsp3) is 0.100. The first-order chi connectivity index (χ1) is 12.3. The van der Waals surface area contributed by atoms with Gasteiger partial charge in [0.1, 0.15) is 6.61 Å². The van der Waals surface area contributed by atoms with Crippen molar-refractivity contribution >= 4 is 6.09 Å². The molecule has 2 N–H and O–H groups in total. The van der Waals surface area contributed by atoms with E-state index in [9.17, 15) is 4.79 Å². The molecular formula is C20H19N3O2. The van der Waals surface area contributed by atoms with Crippen molar-refractivity contribution in [1.82, 2.24) is 15.8 Å². The van der Waals surface area contributed by atoms with Gasteiger partial charge >= 0.3 is 6.09 Å². The van der Waals surface area contributed by atoms with Crippen LogP contribution in [0.15, 0.2) is 79.0 Å². The number of hydrogen-bond donors (Lipinski definition) is 2. The van der Waals surface area contributed by atoms with Crippen LogP contribution in [0, 0.1) is 0 Å². The number of hydrogen-bond acceptors (Lipinski definition) is 4. The largest absolute Gasteiger partial charge is 0.444 e. The second-order valence-corrected chi connectivity index (χ2v) is 5.45. The Hall–Kier alpha value is -3.18. The molecule has 25 heavy (non-hydrogen) atoms. The summed E-state index contributed by atoms with van der Waals surface area (Å²) in [6, 6.07) is 23.4. The Labute approximate surface area is 146 Å². The van der Waals surface area contributed by atoms with E-state index in [0.717, 1.165) is 22.4 Å². The molecule has 0 radical (unpaired) electrons. The zero-order valence-corrected chi connectivity index (χ0v) is 13.7. The summed E-state index contributed by atoms with van der Waals surface area (Å²) in [4.78, 5) is 16.0. The number of ether oxygens (including phenoxy) is 1. The van der Waals surface area contributed by atoms with Gasteiger partial charge in [0, 0.05) is 18.3 Å². The Bertz CT molecular complexity index is 790. The van der Waals surface area contributed by atoms with Crippen LogP contribution in [0.25, 0.3) is 11.3 Å². The molecule has 3 rings (SSSR count). The Morgan fingerprint density at radius 2 is 1.64 bits per heavy atom. The monoisotopic (exact) mass is 333 g/mol. The maximum atomic E-state index is 11.6. The molecule has 1 heterocycles. The quantitative estimate of drug-likeness (QED) is 0.676. The molecule has 1 aromatic heterocycles. The van der Waals surface area contributed by atoms with Gasteiger partial charge in [-0.2, -0.15) is 0 Å². The van der Waals surface area contributed by atoms with E-state index < -0.39 is 6.09 Å². The van der Waals surface area contributed by atoms with E-state index in [-0.39, 0.29) is 6.61 Å². The van der Waals surface area contributed by atoms with E-state index in [1.165, 1.54) is 0 Å². The lowest BCUT2D eigenvalue weighted by Crippen LogP contribution is -2.37. The van der Waals surface area contributed by atoms with E-state index >= 15 is 0 Å². The van der Waals surface area contributed by atoms with Crippen LogP contribution in [0.2, 0.25) is 0 Å². The van der Waals surface area contributed by atoms with Crippen LogP contribution in [0.4, 0.5) is 4.79 Å². The van der Waals surface area contributed by atoms with Gasteiger partial charge in [-0.25, -0.2) is 10.2 Å². The highest BCUT2D eigenvalue weighted by Crippen LogP contribution is 2.16. The molecule has 0 aliphatic carbocycles. The summed E-state index contributed by atoms with van der Waals surface area (Å²) in [5.74, 6) is 0. The van der Waals surface area contributed by atoms with E-state index in [1.54, 1.807) is 6.20 Å². The van der Waals surface area contributed by atoms with Gasteiger partial charge in [0.05, 0.1) is 5.69 Å². The number of amides is 1. The minimum absolute atomic E-state index is 0.243. The first kappa shape index (κ1) is 16.7. The minimum Gasteiger partial charge on any atom is -0.444 e. The molecule has 1 amide bonds. The van der Waals surface area contributed by atoms with Gasteiger partial charge in [-0.1, -0.05) is 60.7 Å². The molecule has 5 heteroatoms. The number of carbonyl (C=O) groups excluding carboxylic acids is 1. The van der Waals surface area contributed by atoms with Crippen LogP contribution in [0.3, 0.4) is 0 Å². The molecule has 0 fully saturated rings.